The van der Waals surface area contributed by atoms with Gasteiger partial charge in [-0.2, -0.15) is 0 Å². The summed E-state index contributed by atoms with van der Waals surface area (Å²) in [5.74, 6) is 2.81. The van der Waals surface area contributed by atoms with Crippen molar-refractivity contribution in [1.29, 1.82) is 0 Å². The first kappa shape index (κ1) is 12.4. The maximum atomic E-state index is 5.59. The van der Waals surface area contributed by atoms with Gasteiger partial charge in [0.15, 0.2) is 5.76 Å². The van der Waals surface area contributed by atoms with Crippen LogP contribution >= 0.6 is 0 Å². The van der Waals surface area contributed by atoms with Gasteiger partial charge in [-0.25, -0.2) is 4.98 Å². The molecular weight excluding hydrogens is 240 g/mol. The van der Waals surface area contributed by atoms with E-state index in [-0.39, 0.29) is 0 Å². The van der Waals surface area contributed by atoms with E-state index in [0.717, 1.165) is 62.2 Å². The van der Waals surface area contributed by atoms with Crippen LogP contribution < -0.4 is 5.32 Å². The van der Waals surface area contributed by atoms with Crippen LogP contribution in [0.25, 0.3) is 11.5 Å². The molecule has 19 heavy (non-hydrogen) atoms. The van der Waals surface area contributed by atoms with Crippen LogP contribution in [-0.2, 0) is 6.42 Å². The summed E-state index contributed by atoms with van der Waals surface area (Å²) in [7, 11) is 0. The fourth-order valence-electron chi connectivity index (χ4n) is 2.39. The highest BCUT2D eigenvalue weighted by molar-refractivity contribution is 5.51. The number of piperazine rings is 1. The molecule has 0 atom stereocenters. The predicted molar refractivity (Wildman–Crippen MR) is 74.0 cm³/mol. The summed E-state index contributed by atoms with van der Waals surface area (Å²) < 4.78 is 5.59. The Labute approximate surface area is 113 Å². The highest BCUT2D eigenvalue weighted by atomic mass is 16.3. The molecule has 0 aromatic carbocycles. The Morgan fingerprint density at radius 1 is 1.32 bits per heavy atom. The summed E-state index contributed by atoms with van der Waals surface area (Å²) in [6.07, 6.45) is 2.81. The average Bonchev–Trinajstić information content (AvgIpc) is 3.06. The summed E-state index contributed by atoms with van der Waals surface area (Å²) in [4.78, 5) is 10.2. The number of rotatable bonds is 4. The molecule has 2 aromatic heterocycles. The molecule has 5 heteroatoms. The lowest BCUT2D eigenvalue weighted by Crippen LogP contribution is -2.44. The molecule has 0 saturated carbocycles. The molecule has 2 N–H and O–H groups in total. The Hall–Kier alpha value is -1.59. The fourth-order valence-corrected chi connectivity index (χ4v) is 2.39. The highest BCUT2D eigenvalue weighted by Crippen LogP contribution is 2.19. The number of H-pyrrole nitrogens is 1. The molecular formula is C14H20N4O. The molecule has 3 heterocycles. The minimum absolute atomic E-state index is 0.860. The van der Waals surface area contributed by atoms with Gasteiger partial charge in [-0.1, -0.05) is 0 Å². The normalized spacial score (nSPS) is 16.9. The maximum absolute atomic E-state index is 5.59. The number of nitrogens with one attached hydrogen (secondary N) is 2. The molecule has 2 aromatic rings. The molecule has 0 radical (unpaired) electrons. The summed E-state index contributed by atoms with van der Waals surface area (Å²) in [5.41, 5.74) is 0.961. The van der Waals surface area contributed by atoms with E-state index in [1.54, 1.807) is 0 Å². The van der Waals surface area contributed by atoms with Crippen LogP contribution in [0, 0.1) is 6.92 Å². The van der Waals surface area contributed by atoms with Gasteiger partial charge in [-0.3, -0.25) is 0 Å². The third-order valence-corrected chi connectivity index (χ3v) is 3.51. The lowest BCUT2D eigenvalue weighted by Gasteiger charge is -2.26. The molecule has 102 valence electrons. The van der Waals surface area contributed by atoms with Crippen LogP contribution in [0.2, 0.25) is 0 Å². The number of furan rings is 1. The molecule has 1 aliphatic rings. The topological polar surface area (TPSA) is 57.1 Å². The number of aromatic amines is 1. The number of hydrogen-bond acceptors (Lipinski definition) is 4. The van der Waals surface area contributed by atoms with Crippen molar-refractivity contribution in [1.82, 2.24) is 20.2 Å². The molecule has 0 aliphatic carbocycles. The van der Waals surface area contributed by atoms with Crippen molar-refractivity contribution in [2.24, 2.45) is 0 Å². The van der Waals surface area contributed by atoms with Crippen molar-refractivity contribution in [3.8, 4) is 11.5 Å². The van der Waals surface area contributed by atoms with Gasteiger partial charge in [0.1, 0.15) is 17.3 Å². The van der Waals surface area contributed by atoms with E-state index in [2.05, 4.69) is 20.2 Å². The number of aryl methyl sites for hydroxylation is 1. The van der Waals surface area contributed by atoms with Crippen molar-refractivity contribution in [3.63, 3.8) is 0 Å². The van der Waals surface area contributed by atoms with Crippen LogP contribution in [0.1, 0.15) is 11.6 Å². The Kier molecular flexibility index (Phi) is 3.66. The first-order valence-corrected chi connectivity index (χ1v) is 6.85. The first-order chi connectivity index (χ1) is 9.31. The lowest BCUT2D eigenvalue weighted by molar-refractivity contribution is 0.242. The van der Waals surface area contributed by atoms with Crippen LogP contribution in [0.3, 0.4) is 0 Å². The van der Waals surface area contributed by atoms with Gasteiger partial charge in [-0.05, 0) is 19.1 Å². The molecule has 0 bridgehead atoms. The van der Waals surface area contributed by atoms with Crippen LogP contribution in [-0.4, -0.2) is 47.6 Å². The standard InChI is InChI=1S/C14H20N4O/c1-11-2-3-13(19-11)12-10-16-14(17-12)4-7-18-8-5-15-6-9-18/h2-3,10,15H,4-9H2,1H3,(H,16,17). The zero-order valence-electron chi connectivity index (χ0n) is 11.3. The van der Waals surface area contributed by atoms with Crippen molar-refractivity contribution < 1.29 is 4.42 Å². The second-order valence-corrected chi connectivity index (χ2v) is 5.00. The Morgan fingerprint density at radius 3 is 2.89 bits per heavy atom. The summed E-state index contributed by atoms with van der Waals surface area (Å²) in [6.45, 7) is 7.46. The van der Waals surface area contributed by atoms with E-state index in [4.69, 9.17) is 4.42 Å². The smallest absolute Gasteiger partial charge is 0.152 e. The summed E-state index contributed by atoms with van der Waals surface area (Å²) in [5, 5.41) is 3.36. The molecule has 1 saturated heterocycles. The van der Waals surface area contributed by atoms with E-state index < -0.39 is 0 Å². The van der Waals surface area contributed by atoms with E-state index in [9.17, 15) is 0 Å². The largest absolute Gasteiger partial charge is 0.460 e. The quantitative estimate of drug-likeness (QED) is 0.873. The van der Waals surface area contributed by atoms with E-state index in [0.29, 0.717) is 0 Å². The number of aromatic nitrogens is 2. The van der Waals surface area contributed by atoms with Crippen molar-refractivity contribution in [2.45, 2.75) is 13.3 Å². The third kappa shape index (κ3) is 3.05. The average molecular weight is 260 g/mol. The van der Waals surface area contributed by atoms with Gasteiger partial charge in [0.2, 0.25) is 0 Å². The van der Waals surface area contributed by atoms with Crippen molar-refractivity contribution in [2.75, 3.05) is 32.7 Å². The van der Waals surface area contributed by atoms with Crippen LogP contribution in [0.5, 0.6) is 0 Å². The maximum Gasteiger partial charge on any atom is 0.152 e. The molecule has 1 aliphatic heterocycles. The van der Waals surface area contributed by atoms with Gasteiger partial charge in [0.05, 0.1) is 6.20 Å². The van der Waals surface area contributed by atoms with E-state index >= 15 is 0 Å². The third-order valence-electron chi connectivity index (χ3n) is 3.51. The molecule has 0 amide bonds. The van der Waals surface area contributed by atoms with E-state index in [1.165, 1.54) is 0 Å². The summed E-state index contributed by atoms with van der Waals surface area (Å²) >= 11 is 0. The number of hydrogen-bond donors (Lipinski definition) is 2. The highest BCUT2D eigenvalue weighted by Gasteiger charge is 2.11. The minimum Gasteiger partial charge on any atom is -0.460 e. The Morgan fingerprint density at radius 2 is 2.16 bits per heavy atom. The fraction of sp³-hybridized carbons (Fsp3) is 0.500. The van der Waals surface area contributed by atoms with Gasteiger partial charge in [-0.15, -0.1) is 0 Å². The Bertz CT molecular complexity index is 525. The van der Waals surface area contributed by atoms with E-state index in [1.807, 2.05) is 25.3 Å². The zero-order chi connectivity index (χ0) is 13.1. The number of nitrogens with zero attached hydrogens (tertiary/aromatic N) is 2. The molecule has 5 nitrogen and oxygen atoms in total. The SMILES string of the molecule is Cc1ccc(-c2cnc(CCN3CCNCC3)[nH]2)o1. The van der Waals surface area contributed by atoms with Crippen LogP contribution in [0.15, 0.2) is 22.7 Å². The van der Waals surface area contributed by atoms with Crippen molar-refractivity contribution >= 4 is 0 Å². The first-order valence-electron chi connectivity index (χ1n) is 6.85. The molecule has 1 fully saturated rings. The minimum atomic E-state index is 0.860. The van der Waals surface area contributed by atoms with Gasteiger partial charge in [0, 0.05) is 39.1 Å². The van der Waals surface area contributed by atoms with Gasteiger partial charge in [0.25, 0.3) is 0 Å². The second-order valence-electron chi connectivity index (χ2n) is 5.00. The zero-order valence-corrected chi connectivity index (χ0v) is 11.3. The Balaban J connectivity index is 1.58. The molecule has 0 spiro atoms. The molecule has 3 rings (SSSR count). The molecule has 0 unspecified atom stereocenters. The number of imidazole rings is 1. The second kappa shape index (κ2) is 5.59. The van der Waals surface area contributed by atoms with Gasteiger partial charge < -0.3 is 19.6 Å². The van der Waals surface area contributed by atoms with Crippen molar-refractivity contribution in [3.05, 3.63) is 29.9 Å². The van der Waals surface area contributed by atoms with Gasteiger partial charge >= 0.3 is 0 Å². The summed E-state index contributed by atoms with van der Waals surface area (Å²) in [6, 6.07) is 3.94. The predicted octanol–water partition coefficient (Wildman–Crippen LogP) is 1.43. The monoisotopic (exact) mass is 260 g/mol. The lowest BCUT2D eigenvalue weighted by atomic mass is 10.3. The van der Waals surface area contributed by atoms with Crippen LogP contribution in [0.4, 0.5) is 0 Å².